The lowest BCUT2D eigenvalue weighted by atomic mass is 9.96. The molecular weight excluding hydrogens is 400 g/mol. The van der Waals surface area contributed by atoms with E-state index in [1.807, 2.05) is 36.4 Å². The van der Waals surface area contributed by atoms with Crippen LogP contribution in [0.3, 0.4) is 0 Å². The standard InChI is InChI=1S/C29H23F2N/c1-2-3-4-20-5-9-22(10-6-20)24-15-16-27-25(18-24)14-13-23(29(27)31)11-7-21-8-12-26(19-32)28(30)17-21/h2,5-6,8-10,12-18H,1,3-4,7,11H2. The van der Waals surface area contributed by atoms with E-state index in [4.69, 9.17) is 5.26 Å². The topological polar surface area (TPSA) is 23.8 Å². The van der Waals surface area contributed by atoms with Crippen molar-refractivity contribution < 1.29 is 8.78 Å². The Labute approximate surface area is 187 Å². The van der Waals surface area contributed by atoms with E-state index in [9.17, 15) is 4.39 Å². The Morgan fingerprint density at radius 1 is 0.781 bits per heavy atom. The first-order chi connectivity index (χ1) is 15.6. The van der Waals surface area contributed by atoms with Gasteiger partial charge >= 0.3 is 0 Å². The lowest BCUT2D eigenvalue weighted by molar-refractivity contribution is 0.616. The van der Waals surface area contributed by atoms with Crippen molar-refractivity contribution in [3.63, 3.8) is 0 Å². The highest BCUT2D eigenvalue weighted by Gasteiger charge is 2.10. The van der Waals surface area contributed by atoms with Gasteiger partial charge in [0, 0.05) is 5.39 Å². The van der Waals surface area contributed by atoms with Gasteiger partial charge in [0.2, 0.25) is 0 Å². The number of hydrogen-bond acceptors (Lipinski definition) is 1. The van der Waals surface area contributed by atoms with Crippen LogP contribution in [-0.4, -0.2) is 0 Å². The molecule has 0 saturated heterocycles. The number of nitrogens with zero attached hydrogens (tertiary/aromatic N) is 1. The Morgan fingerprint density at radius 3 is 2.25 bits per heavy atom. The molecule has 0 spiro atoms. The molecule has 0 aliphatic carbocycles. The van der Waals surface area contributed by atoms with Crippen molar-refractivity contribution in [1.29, 1.82) is 5.26 Å². The minimum absolute atomic E-state index is 0.0212. The van der Waals surface area contributed by atoms with Gasteiger partial charge in [-0.25, -0.2) is 8.78 Å². The first-order valence-corrected chi connectivity index (χ1v) is 10.7. The Hall–Kier alpha value is -3.77. The lowest BCUT2D eigenvalue weighted by Gasteiger charge is -2.10. The summed E-state index contributed by atoms with van der Waals surface area (Å²) in [5, 5.41) is 10.3. The van der Waals surface area contributed by atoms with Crippen LogP contribution in [0.2, 0.25) is 0 Å². The van der Waals surface area contributed by atoms with Gasteiger partial charge in [-0.2, -0.15) is 5.26 Å². The quantitative estimate of drug-likeness (QED) is 0.281. The van der Waals surface area contributed by atoms with Gasteiger partial charge in [-0.15, -0.1) is 6.58 Å². The zero-order chi connectivity index (χ0) is 22.5. The number of halogens is 2. The Morgan fingerprint density at radius 2 is 1.53 bits per heavy atom. The maximum absolute atomic E-state index is 15.2. The predicted molar refractivity (Wildman–Crippen MR) is 126 cm³/mol. The van der Waals surface area contributed by atoms with Crippen molar-refractivity contribution in [2.24, 2.45) is 0 Å². The molecule has 158 valence electrons. The molecule has 0 aromatic heterocycles. The summed E-state index contributed by atoms with van der Waals surface area (Å²) >= 11 is 0. The summed E-state index contributed by atoms with van der Waals surface area (Å²) < 4.78 is 29.0. The molecule has 0 amide bonds. The number of allylic oxidation sites excluding steroid dienone is 1. The van der Waals surface area contributed by atoms with E-state index >= 15 is 4.39 Å². The van der Waals surface area contributed by atoms with Crippen molar-refractivity contribution in [1.82, 2.24) is 0 Å². The van der Waals surface area contributed by atoms with Crippen LogP contribution >= 0.6 is 0 Å². The van der Waals surface area contributed by atoms with Crippen molar-refractivity contribution in [2.75, 3.05) is 0 Å². The second-order valence-electron chi connectivity index (χ2n) is 7.92. The number of fused-ring (bicyclic) bond motifs is 1. The van der Waals surface area contributed by atoms with Crippen LogP contribution in [0.1, 0.15) is 28.7 Å². The SMILES string of the molecule is C=CCCc1ccc(-c2ccc3c(F)c(CCc4ccc(C#N)c(F)c4)ccc3c2)cc1. The number of nitriles is 1. The van der Waals surface area contributed by atoms with E-state index in [1.54, 1.807) is 12.1 Å². The number of benzene rings is 4. The summed E-state index contributed by atoms with van der Waals surface area (Å²) in [7, 11) is 0. The van der Waals surface area contributed by atoms with Crippen LogP contribution in [-0.2, 0) is 19.3 Å². The van der Waals surface area contributed by atoms with Gasteiger partial charge in [-0.1, -0.05) is 60.7 Å². The molecule has 0 heterocycles. The monoisotopic (exact) mass is 423 g/mol. The van der Waals surface area contributed by atoms with Crippen LogP contribution in [0.25, 0.3) is 21.9 Å². The molecule has 0 unspecified atom stereocenters. The molecule has 0 bridgehead atoms. The van der Waals surface area contributed by atoms with Crippen LogP contribution in [0, 0.1) is 23.0 Å². The molecule has 0 radical (unpaired) electrons. The van der Waals surface area contributed by atoms with Gasteiger partial charge in [-0.05, 0) is 77.1 Å². The molecule has 0 saturated carbocycles. The third-order valence-corrected chi connectivity index (χ3v) is 5.80. The first-order valence-electron chi connectivity index (χ1n) is 10.7. The summed E-state index contributed by atoms with van der Waals surface area (Å²) in [6.45, 7) is 3.76. The Balaban J connectivity index is 1.54. The Bertz CT molecular complexity index is 1310. The highest BCUT2D eigenvalue weighted by molar-refractivity contribution is 5.88. The van der Waals surface area contributed by atoms with Gasteiger partial charge in [0.15, 0.2) is 0 Å². The second kappa shape index (κ2) is 9.58. The molecule has 3 heteroatoms. The number of hydrogen-bond donors (Lipinski definition) is 0. The summed E-state index contributed by atoms with van der Waals surface area (Å²) in [6.07, 6.45) is 4.81. The second-order valence-corrected chi connectivity index (χ2v) is 7.92. The fourth-order valence-corrected chi connectivity index (χ4v) is 3.93. The maximum Gasteiger partial charge on any atom is 0.141 e. The van der Waals surface area contributed by atoms with E-state index in [1.165, 1.54) is 17.7 Å². The molecule has 4 rings (SSSR count). The van der Waals surface area contributed by atoms with Crippen LogP contribution in [0.15, 0.2) is 85.5 Å². The fourth-order valence-electron chi connectivity index (χ4n) is 3.93. The zero-order valence-corrected chi connectivity index (χ0v) is 17.7. The largest absolute Gasteiger partial charge is 0.206 e. The lowest BCUT2D eigenvalue weighted by Crippen LogP contribution is -1.97. The summed E-state index contributed by atoms with van der Waals surface area (Å²) in [4.78, 5) is 0. The molecule has 32 heavy (non-hydrogen) atoms. The van der Waals surface area contributed by atoms with Crippen LogP contribution < -0.4 is 0 Å². The summed E-state index contributed by atoms with van der Waals surface area (Å²) in [5.41, 5.74) is 4.78. The predicted octanol–water partition coefficient (Wildman–Crippen LogP) is 7.56. The molecule has 4 aromatic rings. The third kappa shape index (κ3) is 4.60. The van der Waals surface area contributed by atoms with E-state index in [-0.39, 0.29) is 11.4 Å². The normalized spacial score (nSPS) is 10.8. The zero-order valence-electron chi connectivity index (χ0n) is 17.7. The number of aryl methyl sites for hydroxylation is 3. The highest BCUT2D eigenvalue weighted by atomic mass is 19.1. The van der Waals surface area contributed by atoms with Crippen molar-refractivity contribution in [3.8, 4) is 17.2 Å². The molecule has 0 N–H and O–H groups in total. The average Bonchev–Trinajstić information content (AvgIpc) is 2.82. The molecule has 0 atom stereocenters. The third-order valence-electron chi connectivity index (χ3n) is 5.80. The summed E-state index contributed by atoms with van der Waals surface area (Å²) in [6, 6.07) is 24.3. The van der Waals surface area contributed by atoms with E-state index in [0.29, 0.717) is 23.8 Å². The molecule has 4 aromatic carbocycles. The molecule has 1 nitrogen and oxygen atoms in total. The minimum Gasteiger partial charge on any atom is -0.206 e. The van der Waals surface area contributed by atoms with Gasteiger partial charge in [0.05, 0.1) is 5.56 Å². The van der Waals surface area contributed by atoms with Gasteiger partial charge < -0.3 is 0 Å². The van der Waals surface area contributed by atoms with Gasteiger partial charge in [0.1, 0.15) is 17.7 Å². The maximum atomic E-state index is 15.2. The van der Waals surface area contributed by atoms with Crippen LogP contribution in [0.4, 0.5) is 8.78 Å². The van der Waals surface area contributed by atoms with E-state index in [0.717, 1.165) is 34.9 Å². The van der Waals surface area contributed by atoms with E-state index < -0.39 is 5.82 Å². The highest BCUT2D eigenvalue weighted by Crippen LogP contribution is 2.28. The molecule has 0 fully saturated rings. The fraction of sp³-hybridized carbons (Fsp3) is 0.138. The van der Waals surface area contributed by atoms with E-state index in [2.05, 4.69) is 30.8 Å². The minimum atomic E-state index is -0.537. The van der Waals surface area contributed by atoms with Gasteiger partial charge in [-0.3, -0.25) is 0 Å². The molecule has 0 aliphatic heterocycles. The number of rotatable bonds is 7. The smallest absolute Gasteiger partial charge is 0.141 e. The van der Waals surface area contributed by atoms with Crippen molar-refractivity contribution >= 4 is 10.8 Å². The molecular formula is C29H23F2N. The van der Waals surface area contributed by atoms with Crippen LogP contribution in [0.5, 0.6) is 0 Å². The molecule has 0 aliphatic rings. The van der Waals surface area contributed by atoms with Crippen molar-refractivity contribution in [3.05, 3.63) is 119 Å². The van der Waals surface area contributed by atoms with Gasteiger partial charge in [0.25, 0.3) is 0 Å². The summed E-state index contributed by atoms with van der Waals surface area (Å²) in [5.74, 6) is -0.770. The van der Waals surface area contributed by atoms with Crippen molar-refractivity contribution in [2.45, 2.75) is 25.7 Å². The first kappa shape index (κ1) is 21.5. The Kier molecular flexibility index (Phi) is 6.42. The average molecular weight is 424 g/mol.